The minimum Gasteiger partial charge on any atom is -0.339 e. The maximum absolute atomic E-state index is 11.8. The molecule has 0 saturated heterocycles. The Morgan fingerprint density at radius 2 is 2.00 bits per heavy atom. The van der Waals surface area contributed by atoms with Gasteiger partial charge in [0.25, 0.3) is 0 Å². The highest BCUT2D eigenvalue weighted by Gasteiger charge is 2.32. The predicted octanol–water partition coefficient (Wildman–Crippen LogP) is 1.79. The molecule has 0 fully saturated rings. The van der Waals surface area contributed by atoms with Gasteiger partial charge in [0.15, 0.2) is 0 Å². The van der Waals surface area contributed by atoms with E-state index in [-0.39, 0.29) is 11.9 Å². The van der Waals surface area contributed by atoms with Crippen molar-refractivity contribution in [2.45, 2.75) is 40.7 Å². The van der Waals surface area contributed by atoms with Gasteiger partial charge in [-0.05, 0) is 34.6 Å². The summed E-state index contributed by atoms with van der Waals surface area (Å²) in [5.74, 6) is -0.0903. The van der Waals surface area contributed by atoms with E-state index in [0.717, 1.165) is 0 Å². The summed E-state index contributed by atoms with van der Waals surface area (Å²) in [4.78, 5) is 13.5. The molecule has 0 N–H and O–H groups in total. The second-order valence-corrected chi connectivity index (χ2v) is 3.92. The second kappa shape index (κ2) is 4.27. The number of rotatable bonds is 3. The largest absolute Gasteiger partial charge is 0.339 e. The highest BCUT2D eigenvalue weighted by atomic mass is 16.2. The van der Waals surface area contributed by atoms with Gasteiger partial charge in [-0.1, -0.05) is 0 Å². The van der Waals surface area contributed by atoms with E-state index >= 15 is 0 Å². The Kier molecular flexibility index (Phi) is 3.93. The standard InChI is InChI=1S/C10H18N2O/c1-6-12(8(2)3)9(13)10(4,5)7-11/h8H,6H2,1-5H3. The van der Waals surface area contributed by atoms with Gasteiger partial charge in [0.05, 0.1) is 6.07 Å². The van der Waals surface area contributed by atoms with Crippen molar-refractivity contribution in [3.05, 3.63) is 0 Å². The Bertz CT molecular complexity index is 226. The van der Waals surface area contributed by atoms with Gasteiger partial charge in [0.2, 0.25) is 5.91 Å². The molecule has 0 spiro atoms. The van der Waals surface area contributed by atoms with E-state index in [4.69, 9.17) is 5.26 Å². The average molecular weight is 182 g/mol. The van der Waals surface area contributed by atoms with Crippen molar-refractivity contribution in [3.63, 3.8) is 0 Å². The van der Waals surface area contributed by atoms with Crippen LogP contribution in [-0.2, 0) is 4.79 Å². The average Bonchev–Trinajstić information content (AvgIpc) is 2.05. The summed E-state index contributed by atoms with van der Waals surface area (Å²) < 4.78 is 0. The lowest BCUT2D eigenvalue weighted by Gasteiger charge is -2.30. The summed E-state index contributed by atoms with van der Waals surface area (Å²) in [5, 5.41) is 8.79. The topological polar surface area (TPSA) is 44.1 Å². The molecule has 1 amide bonds. The van der Waals surface area contributed by atoms with Gasteiger partial charge in [-0.15, -0.1) is 0 Å². The zero-order valence-corrected chi connectivity index (χ0v) is 9.09. The van der Waals surface area contributed by atoms with Gasteiger partial charge < -0.3 is 4.90 Å². The number of nitriles is 1. The van der Waals surface area contributed by atoms with Crippen LogP contribution >= 0.6 is 0 Å². The molecule has 0 bridgehead atoms. The molecule has 0 aliphatic rings. The minimum absolute atomic E-state index is 0.0903. The molecule has 0 aromatic carbocycles. The first-order chi connectivity index (χ1) is 5.86. The lowest BCUT2D eigenvalue weighted by atomic mass is 9.93. The van der Waals surface area contributed by atoms with E-state index < -0.39 is 5.41 Å². The first kappa shape index (κ1) is 12.0. The van der Waals surface area contributed by atoms with Gasteiger partial charge >= 0.3 is 0 Å². The van der Waals surface area contributed by atoms with E-state index in [2.05, 4.69) is 0 Å². The van der Waals surface area contributed by atoms with Crippen molar-refractivity contribution in [1.29, 1.82) is 5.26 Å². The zero-order chi connectivity index (χ0) is 10.6. The molecule has 0 aliphatic carbocycles. The number of hydrogen-bond donors (Lipinski definition) is 0. The molecule has 74 valence electrons. The molecule has 0 aliphatic heterocycles. The fraction of sp³-hybridized carbons (Fsp3) is 0.800. The Balaban J connectivity index is 4.68. The molecule has 0 aromatic rings. The van der Waals surface area contributed by atoms with Crippen LogP contribution in [0.2, 0.25) is 0 Å². The van der Waals surface area contributed by atoms with Crippen LogP contribution in [-0.4, -0.2) is 23.4 Å². The minimum atomic E-state index is -0.902. The van der Waals surface area contributed by atoms with Crippen molar-refractivity contribution >= 4 is 5.91 Å². The monoisotopic (exact) mass is 182 g/mol. The first-order valence-electron chi connectivity index (χ1n) is 4.59. The zero-order valence-electron chi connectivity index (χ0n) is 9.09. The lowest BCUT2D eigenvalue weighted by Crippen LogP contribution is -2.44. The summed E-state index contributed by atoms with van der Waals surface area (Å²) >= 11 is 0. The number of hydrogen-bond acceptors (Lipinski definition) is 2. The van der Waals surface area contributed by atoms with Crippen molar-refractivity contribution < 1.29 is 4.79 Å². The molecule has 0 radical (unpaired) electrons. The SMILES string of the molecule is CCN(C(=O)C(C)(C)C#N)C(C)C. The van der Waals surface area contributed by atoms with Crippen LogP contribution in [0.15, 0.2) is 0 Å². The summed E-state index contributed by atoms with van der Waals surface area (Å²) in [7, 11) is 0. The quantitative estimate of drug-likeness (QED) is 0.668. The number of carbonyl (C=O) groups excluding carboxylic acids is 1. The molecule has 0 heterocycles. The third kappa shape index (κ3) is 2.73. The molecule has 3 heteroatoms. The Labute approximate surface area is 80.3 Å². The Morgan fingerprint density at radius 1 is 1.54 bits per heavy atom. The van der Waals surface area contributed by atoms with Crippen molar-refractivity contribution in [2.75, 3.05) is 6.54 Å². The summed E-state index contributed by atoms with van der Waals surface area (Å²) in [6, 6.07) is 2.18. The molecule has 0 aromatic heterocycles. The highest BCUT2D eigenvalue weighted by Crippen LogP contribution is 2.18. The third-order valence-corrected chi connectivity index (χ3v) is 2.04. The van der Waals surface area contributed by atoms with Crippen LogP contribution in [0.5, 0.6) is 0 Å². The number of carbonyl (C=O) groups is 1. The molecule has 0 unspecified atom stereocenters. The molecule has 0 atom stereocenters. The van der Waals surface area contributed by atoms with E-state index in [1.54, 1.807) is 18.7 Å². The van der Waals surface area contributed by atoms with Gasteiger partial charge in [0.1, 0.15) is 5.41 Å². The second-order valence-electron chi connectivity index (χ2n) is 3.92. The van der Waals surface area contributed by atoms with Gasteiger partial charge in [-0.2, -0.15) is 5.26 Å². The van der Waals surface area contributed by atoms with Crippen LogP contribution in [0, 0.1) is 16.7 Å². The first-order valence-corrected chi connectivity index (χ1v) is 4.59. The fourth-order valence-corrected chi connectivity index (χ4v) is 1.15. The van der Waals surface area contributed by atoms with E-state index in [9.17, 15) is 4.79 Å². The number of nitrogens with zero attached hydrogens (tertiary/aromatic N) is 2. The van der Waals surface area contributed by atoms with Crippen LogP contribution < -0.4 is 0 Å². The normalized spacial score (nSPS) is 11.2. The smallest absolute Gasteiger partial charge is 0.242 e. The summed E-state index contributed by atoms with van der Waals surface area (Å²) in [6.45, 7) is 9.79. The molecule has 0 rings (SSSR count). The molecule has 3 nitrogen and oxygen atoms in total. The van der Waals surface area contributed by atoms with Crippen molar-refractivity contribution in [3.8, 4) is 6.07 Å². The van der Waals surface area contributed by atoms with E-state index in [0.29, 0.717) is 6.54 Å². The van der Waals surface area contributed by atoms with Crippen LogP contribution in [0.3, 0.4) is 0 Å². The lowest BCUT2D eigenvalue weighted by molar-refractivity contribution is -0.139. The van der Waals surface area contributed by atoms with Crippen molar-refractivity contribution in [2.24, 2.45) is 5.41 Å². The van der Waals surface area contributed by atoms with Crippen LogP contribution in [0.1, 0.15) is 34.6 Å². The Hall–Kier alpha value is -1.04. The van der Waals surface area contributed by atoms with Crippen LogP contribution in [0.4, 0.5) is 0 Å². The van der Waals surface area contributed by atoms with Gasteiger partial charge in [0, 0.05) is 12.6 Å². The van der Waals surface area contributed by atoms with Gasteiger partial charge in [-0.25, -0.2) is 0 Å². The highest BCUT2D eigenvalue weighted by molar-refractivity contribution is 5.84. The molecule has 13 heavy (non-hydrogen) atoms. The van der Waals surface area contributed by atoms with Crippen LogP contribution in [0.25, 0.3) is 0 Å². The van der Waals surface area contributed by atoms with E-state index in [1.165, 1.54) is 0 Å². The summed E-state index contributed by atoms with van der Waals surface area (Å²) in [6.07, 6.45) is 0. The van der Waals surface area contributed by atoms with E-state index in [1.807, 2.05) is 26.8 Å². The summed E-state index contributed by atoms with van der Waals surface area (Å²) in [5.41, 5.74) is -0.902. The maximum Gasteiger partial charge on any atom is 0.242 e. The Morgan fingerprint density at radius 3 is 2.23 bits per heavy atom. The molecular weight excluding hydrogens is 164 g/mol. The molecule has 0 saturated carbocycles. The maximum atomic E-state index is 11.8. The van der Waals surface area contributed by atoms with Crippen molar-refractivity contribution in [1.82, 2.24) is 4.90 Å². The predicted molar refractivity (Wildman–Crippen MR) is 51.9 cm³/mol. The van der Waals surface area contributed by atoms with Gasteiger partial charge in [-0.3, -0.25) is 4.79 Å². The fourth-order valence-electron chi connectivity index (χ4n) is 1.15. The number of amides is 1. The molecular formula is C10H18N2O. The third-order valence-electron chi connectivity index (χ3n) is 2.04.